The standard InChI is InChI=1S/C25H32N4O/c1-6-26-12-8-14-29(7-2)21-11-13-27-24-17(4)25-22(16(3)23(21)24)19-15-18(30-5)9-10-20(19)28-25/h9-11,13,15,26,28H,6-8,12,14H2,1-5H3. The fraction of sp³-hybridized carbons (Fsp3) is 0.400. The molecule has 2 aromatic heterocycles. The second-order valence-corrected chi connectivity index (χ2v) is 7.88. The normalized spacial score (nSPS) is 11.6. The molecule has 0 spiro atoms. The van der Waals surface area contributed by atoms with Gasteiger partial charge < -0.3 is 19.9 Å². The third-order valence-corrected chi connectivity index (χ3v) is 6.17. The van der Waals surface area contributed by atoms with Gasteiger partial charge in [-0.15, -0.1) is 0 Å². The fourth-order valence-electron chi connectivity index (χ4n) is 4.60. The Balaban J connectivity index is 1.94. The van der Waals surface area contributed by atoms with Crippen molar-refractivity contribution in [2.45, 2.75) is 34.1 Å². The van der Waals surface area contributed by atoms with E-state index in [4.69, 9.17) is 9.72 Å². The maximum absolute atomic E-state index is 5.50. The monoisotopic (exact) mass is 404 g/mol. The summed E-state index contributed by atoms with van der Waals surface area (Å²) in [6, 6.07) is 8.42. The van der Waals surface area contributed by atoms with Crippen LogP contribution in [0.2, 0.25) is 0 Å². The number of hydrogen-bond acceptors (Lipinski definition) is 4. The number of aromatic nitrogens is 2. The van der Waals surface area contributed by atoms with Crippen LogP contribution in [-0.2, 0) is 0 Å². The molecule has 0 aliphatic rings. The van der Waals surface area contributed by atoms with Crippen LogP contribution in [0.3, 0.4) is 0 Å². The van der Waals surface area contributed by atoms with E-state index in [-0.39, 0.29) is 0 Å². The van der Waals surface area contributed by atoms with E-state index in [1.165, 1.54) is 38.5 Å². The van der Waals surface area contributed by atoms with Crippen LogP contribution in [-0.4, -0.2) is 43.3 Å². The van der Waals surface area contributed by atoms with Crippen molar-refractivity contribution in [1.29, 1.82) is 0 Å². The average molecular weight is 405 g/mol. The molecule has 0 amide bonds. The molecule has 2 aromatic carbocycles. The zero-order valence-electron chi connectivity index (χ0n) is 18.7. The molecule has 0 aliphatic carbocycles. The van der Waals surface area contributed by atoms with Crippen LogP contribution < -0.4 is 15.0 Å². The number of ether oxygens (including phenoxy) is 1. The molecule has 2 heterocycles. The van der Waals surface area contributed by atoms with Crippen molar-refractivity contribution >= 4 is 38.4 Å². The minimum atomic E-state index is 0.880. The van der Waals surface area contributed by atoms with Gasteiger partial charge in [0.15, 0.2) is 0 Å². The summed E-state index contributed by atoms with van der Waals surface area (Å²) in [5.74, 6) is 0.880. The number of benzene rings is 2. The number of rotatable bonds is 8. The quantitative estimate of drug-likeness (QED) is 0.390. The first-order valence-electron chi connectivity index (χ1n) is 10.9. The highest BCUT2D eigenvalue weighted by Crippen LogP contribution is 2.40. The molecule has 0 saturated heterocycles. The summed E-state index contributed by atoms with van der Waals surface area (Å²) in [6.45, 7) is 12.9. The van der Waals surface area contributed by atoms with E-state index in [2.05, 4.69) is 61.1 Å². The van der Waals surface area contributed by atoms with E-state index < -0.39 is 0 Å². The Morgan fingerprint density at radius 1 is 1.10 bits per heavy atom. The summed E-state index contributed by atoms with van der Waals surface area (Å²) < 4.78 is 5.50. The van der Waals surface area contributed by atoms with Crippen LogP contribution in [0, 0.1) is 13.8 Å². The Hall–Kier alpha value is -2.79. The van der Waals surface area contributed by atoms with Gasteiger partial charge in [-0.25, -0.2) is 0 Å². The van der Waals surface area contributed by atoms with E-state index in [1.54, 1.807) is 7.11 Å². The van der Waals surface area contributed by atoms with Gasteiger partial charge in [0.05, 0.1) is 18.1 Å². The lowest BCUT2D eigenvalue weighted by Crippen LogP contribution is -2.27. The smallest absolute Gasteiger partial charge is 0.119 e. The molecule has 0 atom stereocenters. The molecule has 0 bridgehead atoms. The zero-order valence-corrected chi connectivity index (χ0v) is 18.7. The van der Waals surface area contributed by atoms with Crippen LogP contribution in [0.5, 0.6) is 5.75 Å². The second kappa shape index (κ2) is 8.52. The van der Waals surface area contributed by atoms with Gasteiger partial charge in [0.1, 0.15) is 5.75 Å². The topological polar surface area (TPSA) is 53.2 Å². The summed E-state index contributed by atoms with van der Waals surface area (Å²) in [7, 11) is 1.72. The van der Waals surface area contributed by atoms with Gasteiger partial charge in [0.2, 0.25) is 0 Å². The third-order valence-electron chi connectivity index (χ3n) is 6.17. The number of anilines is 1. The van der Waals surface area contributed by atoms with Gasteiger partial charge in [-0.2, -0.15) is 0 Å². The van der Waals surface area contributed by atoms with E-state index in [0.717, 1.165) is 49.4 Å². The number of aryl methyl sites for hydroxylation is 2. The lowest BCUT2D eigenvalue weighted by Gasteiger charge is -2.26. The number of pyridine rings is 1. The van der Waals surface area contributed by atoms with E-state index in [0.29, 0.717) is 0 Å². The minimum absolute atomic E-state index is 0.880. The maximum Gasteiger partial charge on any atom is 0.119 e. The number of aromatic amines is 1. The maximum atomic E-state index is 5.50. The van der Waals surface area contributed by atoms with Gasteiger partial charge in [-0.3, -0.25) is 4.98 Å². The Bertz CT molecular complexity index is 1190. The van der Waals surface area contributed by atoms with Crippen LogP contribution in [0.15, 0.2) is 30.5 Å². The third kappa shape index (κ3) is 3.37. The van der Waals surface area contributed by atoms with Gasteiger partial charge in [0, 0.05) is 46.6 Å². The summed E-state index contributed by atoms with van der Waals surface area (Å²) in [4.78, 5) is 10.9. The summed E-state index contributed by atoms with van der Waals surface area (Å²) in [6.07, 6.45) is 3.07. The number of methoxy groups -OCH3 is 1. The van der Waals surface area contributed by atoms with Gasteiger partial charge >= 0.3 is 0 Å². The molecule has 158 valence electrons. The molecule has 0 fully saturated rings. The molecule has 0 unspecified atom stereocenters. The SMILES string of the molecule is CCNCCCN(CC)c1ccnc2c(C)c3[nH]c4ccc(OC)cc4c3c(C)c12. The summed E-state index contributed by atoms with van der Waals surface area (Å²) >= 11 is 0. The fourth-order valence-corrected chi connectivity index (χ4v) is 4.60. The minimum Gasteiger partial charge on any atom is -0.497 e. The van der Waals surface area contributed by atoms with Crippen molar-refractivity contribution < 1.29 is 4.74 Å². The first-order chi connectivity index (χ1) is 14.6. The molecule has 5 nitrogen and oxygen atoms in total. The second-order valence-electron chi connectivity index (χ2n) is 7.88. The molecular weight excluding hydrogens is 372 g/mol. The van der Waals surface area contributed by atoms with Crippen LogP contribution in [0.4, 0.5) is 5.69 Å². The molecule has 4 rings (SSSR count). The number of nitrogens with one attached hydrogen (secondary N) is 2. The lowest BCUT2D eigenvalue weighted by atomic mass is 9.97. The molecule has 30 heavy (non-hydrogen) atoms. The van der Waals surface area contributed by atoms with Crippen molar-refractivity contribution in [1.82, 2.24) is 15.3 Å². The van der Waals surface area contributed by atoms with Crippen molar-refractivity contribution in [2.24, 2.45) is 0 Å². The van der Waals surface area contributed by atoms with E-state index >= 15 is 0 Å². The molecule has 4 aromatic rings. The zero-order chi connectivity index (χ0) is 21.3. The lowest BCUT2D eigenvalue weighted by molar-refractivity contribution is 0.415. The Morgan fingerprint density at radius 3 is 2.67 bits per heavy atom. The van der Waals surface area contributed by atoms with Crippen molar-refractivity contribution in [3.63, 3.8) is 0 Å². The highest BCUT2D eigenvalue weighted by atomic mass is 16.5. The van der Waals surface area contributed by atoms with Crippen LogP contribution >= 0.6 is 0 Å². The summed E-state index contributed by atoms with van der Waals surface area (Å²) in [5, 5.41) is 7.17. The van der Waals surface area contributed by atoms with Crippen molar-refractivity contribution in [3.8, 4) is 5.75 Å². The largest absolute Gasteiger partial charge is 0.497 e. The Kier molecular flexibility index (Phi) is 5.82. The van der Waals surface area contributed by atoms with Crippen LogP contribution in [0.25, 0.3) is 32.7 Å². The number of nitrogens with zero attached hydrogens (tertiary/aromatic N) is 2. The number of fused-ring (bicyclic) bond motifs is 4. The highest BCUT2D eigenvalue weighted by Gasteiger charge is 2.19. The molecule has 2 N–H and O–H groups in total. The van der Waals surface area contributed by atoms with Crippen LogP contribution in [0.1, 0.15) is 31.4 Å². The highest BCUT2D eigenvalue weighted by molar-refractivity contribution is 6.17. The van der Waals surface area contributed by atoms with E-state index in [1.807, 2.05) is 12.3 Å². The van der Waals surface area contributed by atoms with Gasteiger partial charge in [0.25, 0.3) is 0 Å². The molecule has 0 aliphatic heterocycles. The van der Waals surface area contributed by atoms with Crippen molar-refractivity contribution in [2.75, 3.05) is 38.2 Å². The van der Waals surface area contributed by atoms with Crippen molar-refractivity contribution in [3.05, 3.63) is 41.6 Å². The summed E-state index contributed by atoms with van der Waals surface area (Å²) in [5.41, 5.74) is 7.14. The molecule has 5 heteroatoms. The molecular formula is C25H32N4O. The first kappa shape index (κ1) is 20.5. The number of H-pyrrole nitrogens is 1. The predicted octanol–water partition coefficient (Wildman–Crippen LogP) is 5.32. The average Bonchev–Trinajstić information content (AvgIpc) is 3.16. The molecule has 0 radical (unpaired) electrons. The van der Waals surface area contributed by atoms with E-state index in [9.17, 15) is 0 Å². The Morgan fingerprint density at radius 2 is 1.93 bits per heavy atom. The number of hydrogen-bond donors (Lipinski definition) is 2. The van der Waals surface area contributed by atoms with Gasteiger partial charge in [-0.1, -0.05) is 6.92 Å². The Labute approximate surface area is 178 Å². The first-order valence-corrected chi connectivity index (χ1v) is 10.9. The molecule has 0 saturated carbocycles. The predicted molar refractivity (Wildman–Crippen MR) is 128 cm³/mol. The van der Waals surface area contributed by atoms with Gasteiger partial charge in [-0.05, 0) is 75.7 Å².